The average Bonchev–Trinajstić information content (AvgIpc) is 3.12. The Labute approximate surface area is 159 Å². The molecule has 0 aliphatic carbocycles. The van der Waals surface area contributed by atoms with Gasteiger partial charge in [-0.3, -0.25) is 4.99 Å². The average molecular weight is 454 g/mol. The van der Waals surface area contributed by atoms with Gasteiger partial charge in [0.1, 0.15) is 5.01 Å². The monoisotopic (exact) mass is 454 g/mol. The number of halogens is 1. The molecule has 1 aromatic heterocycles. The third-order valence-electron chi connectivity index (χ3n) is 3.56. The molecule has 1 saturated heterocycles. The van der Waals surface area contributed by atoms with Gasteiger partial charge < -0.3 is 20.1 Å². The highest BCUT2D eigenvalue weighted by Crippen LogP contribution is 2.15. The fourth-order valence-electron chi connectivity index (χ4n) is 2.17. The van der Waals surface area contributed by atoms with Gasteiger partial charge in [-0.2, -0.15) is 0 Å². The highest BCUT2D eigenvalue weighted by molar-refractivity contribution is 14.0. The van der Waals surface area contributed by atoms with Crippen molar-refractivity contribution in [1.82, 2.24) is 15.6 Å². The Bertz CT molecular complexity index is 470. The lowest BCUT2D eigenvalue weighted by Gasteiger charge is -2.12. The zero-order valence-corrected chi connectivity index (χ0v) is 17.2. The number of aromatic nitrogens is 1. The van der Waals surface area contributed by atoms with Gasteiger partial charge in [0.25, 0.3) is 0 Å². The molecule has 1 aliphatic heterocycles. The summed E-state index contributed by atoms with van der Waals surface area (Å²) < 4.78 is 11.0. The minimum atomic E-state index is 0. The first kappa shape index (κ1) is 20.6. The van der Waals surface area contributed by atoms with Gasteiger partial charge in [-0.05, 0) is 26.7 Å². The van der Waals surface area contributed by atoms with Crippen LogP contribution in [-0.2, 0) is 16.0 Å². The van der Waals surface area contributed by atoms with Gasteiger partial charge in [-0.15, -0.1) is 35.3 Å². The van der Waals surface area contributed by atoms with E-state index in [1.54, 1.807) is 18.4 Å². The molecule has 8 heteroatoms. The molecule has 0 amide bonds. The molecule has 6 nitrogen and oxygen atoms in total. The maximum absolute atomic E-state index is 5.73. The van der Waals surface area contributed by atoms with Gasteiger partial charge in [-0.1, -0.05) is 0 Å². The number of guanidine groups is 1. The van der Waals surface area contributed by atoms with E-state index in [1.165, 1.54) is 4.88 Å². The zero-order valence-electron chi connectivity index (χ0n) is 14.1. The largest absolute Gasteiger partial charge is 0.379 e. The fourth-order valence-corrected chi connectivity index (χ4v) is 3.04. The van der Waals surface area contributed by atoms with E-state index in [0.717, 1.165) is 55.9 Å². The smallest absolute Gasteiger partial charge is 0.191 e. The zero-order chi connectivity index (χ0) is 15.8. The molecule has 1 fully saturated rings. The summed E-state index contributed by atoms with van der Waals surface area (Å²) in [6.45, 7) is 8.00. The number of aliphatic imine (C=N–C) groups is 1. The van der Waals surface area contributed by atoms with Crippen molar-refractivity contribution in [3.05, 3.63) is 15.6 Å². The topological polar surface area (TPSA) is 67.8 Å². The molecule has 2 rings (SSSR count). The second-order valence-electron chi connectivity index (χ2n) is 5.31. The summed E-state index contributed by atoms with van der Waals surface area (Å²) in [5.74, 6) is 0.801. The normalized spacial score (nSPS) is 17.9. The predicted molar refractivity (Wildman–Crippen MR) is 105 cm³/mol. The van der Waals surface area contributed by atoms with Crippen LogP contribution in [0.3, 0.4) is 0 Å². The molecule has 1 aliphatic rings. The van der Waals surface area contributed by atoms with E-state index in [9.17, 15) is 0 Å². The number of aryl methyl sites for hydroxylation is 2. The maximum Gasteiger partial charge on any atom is 0.191 e. The summed E-state index contributed by atoms with van der Waals surface area (Å²) in [6.07, 6.45) is 2.25. The first-order chi connectivity index (χ1) is 10.7. The molecule has 0 radical (unpaired) electrons. The van der Waals surface area contributed by atoms with Gasteiger partial charge in [0, 0.05) is 31.7 Å². The Morgan fingerprint density at radius 2 is 2.26 bits per heavy atom. The summed E-state index contributed by atoms with van der Waals surface area (Å²) in [6, 6.07) is 0. The first-order valence-electron chi connectivity index (χ1n) is 7.76. The molecule has 1 atom stereocenters. The summed E-state index contributed by atoms with van der Waals surface area (Å²) in [4.78, 5) is 10.0. The highest BCUT2D eigenvalue weighted by atomic mass is 127. The molecular formula is C15H27IN4O2S. The number of hydrogen-bond donors (Lipinski definition) is 2. The summed E-state index contributed by atoms with van der Waals surface area (Å²) in [5.41, 5.74) is 1.11. The van der Waals surface area contributed by atoms with Crippen molar-refractivity contribution in [3.8, 4) is 0 Å². The van der Waals surface area contributed by atoms with E-state index >= 15 is 0 Å². The van der Waals surface area contributed by atoms with E-state index in [4.69, 9.17) is 9.47 Å². The van der Waals surface area contributed by atoms with Crippen molar-refractivity contribution in [3.63, 3.8) is 0 Å². The number of nitrogens with one attached hydrogen (secondary N) is 2. The second kappa shape index (κ2) is 11.2. The third-order valence-corrected chi connectivity index (χ3v) is 4.63. The predicted octanol–water partition coefficient (Wildman–Crippen LogP) is 2.24. The van der Waals surface area contributed by atoms with Crippen LogP contribution in [0, 0.1) is 13.8 Å². The molecule has 0 saturated carbocycles. The van der Waals surface area contributed by atoms with Crippen LogP contribution in [0.15, 0.2) is 4.99 Å². The van der Waals surface area contributed by atoms with E-state index in [0.29, 0.717) is 6.54 Å². The van der Waals surface area contributed by atoms with Crippen molar-refractivity contribution in [2.45, 2.75) is 39.3 Å². The number of ether oxygens (including phenoxy) is 2. The molecular weight excluding hydrogens is 427 g/mol. The van der Waals surface area contributed by atoms with Crippen molar-refractivity contribution in [2.75, 3.05) is 33.4 Å². The van der Waals surface area contributed by atoms with Crippen LogP contribution in [0.25, 0.3) is 0 Å². The van der Waals surface area contributed by atoms with Crippen molar-refractivity contribution in [2.24, 2.45) is 4.99 Å². The Kier molecular flexibility index (Phi) is 10.00. The molecule has 2 heterocycles. The number of rotatable bonds is 7. The third kappa shape index (κ3) is 7.32. The second-order valence-corrected chi connectivity index (χ2v) is 6.60. The van der Waals surface area contributed by atoms with Crippen molar-refractivity contribution in [1.29, 1.82) is 0 Å². The lowest BCUT2D eigenvalue weighted by molar-refractivity contribution is 0.0420. The van der Waals surface area contributed by atoms with Gasteiger partial charge in [0.15, 0.2) is 5.96 Å². The van der Waals surface area contributed by atoms with E-state index in [2.05, 4.69) is 27.5 Å². The van der Waals surface area contributed by atoms with Crippen LogP contribution in [0.2, 0.25) is 0 Å². The van der Waals surface area contributed by atoms with Crippen molar-refractivity contribution >= 4 is 41.3 Å². The standard InChI is InChI=1S/C15H26N4O2S.HI/c1-11-12(2)22-14(19-11)9-18-15(16-3)17-6-4-7-21-13-5-8-20-10-13;/h13H,4-10H2,1-3H3,(H2,16,17,18);1H. The number of thiazole rings is 1. The van der Waals surface area contributed by atoms with Crippen LogP contribution in [-0.4, -0.2) is 50.5 Å². The molecule has 23 heavy (non-hydrogen) atoms. The molecule has 1 unspecified atom stereocenters. The quantitative estimate of drug-likeness (QED) is 0.286. The van der Waals surface area contributed by atoms with Gasteiger partial charge in [-0.25, -0.2) is 4.98 Å². The summed E-state index contributed by atoms with van der Waals surface area (Å²) in [7, 11) is 1.78. The van der Waals surface area contributed by atoms with E-state index in [-0.39, 0.29) is 30.1 Å². The van der Waals surface area contributed by atoms with E-state index < -0.39 is 0 Å². The minimum Gasteiger partial charge on any atom is -0.379 e. The fraction of sp³-hybridized carbons (Fsp3) is 0.733. The Balaban J connectivity index is 0.00000264. The summed E-state index contributed by atoms with van der Waals surface area (Å²) in [5, 5.41) is 7.66. The van der Waals surface area contributed by atoms with Crippen molar-refractivity contribution < 1.29 is 9.47 Å². The highest BCUT2D eigenvalue weighted by Gasteiger charge is 2.15. The number of hydrogen-bond acceptors (Lipinski definition) is 5. The molecule has 0 spiro atoms. The molecule has 0 aromatic carbocycles. The number of nitrogens with zero attached hydrogens (tertiary/aromatic N) is 2. The lowest BCUT2D eigenvalue weighted by Crippen LogP contribution is -2.37. The van der Waals surface area contributed by atoms with Crippen LogP contribution >= 0.6 is 35.3 Å². The lowest BCUT2D eigenvalue weighted by atomic mass is 10.3. The molecule has 0 bridgehead atoms. The minimum absolute atomic E-state index is 0. The van der Waals surface area contributed by atoms with E-state index in [1.807, 2.05) is 6.92 Å². The van der Waals surface area contributed by atoms with Crippen LogP contribution in [0.5, 0.6) is 0 Å². The Morgan fingerprint density at radius 3 is 2.87 bits per heavy atom. The molecule has 1 aromatic rings. The van der Waals surface area contributed by atoms with Gasteiger partial charge in [0.2, 0.25) is 0 Å². The van der Waals surface area contributed by atoms with Crippen LogP contribution < -0.4 is 10.6 Å². The summed E-state index contributed by atoms with van der Waals surface area (Å²) >= 11 is 1.72. The van der Waals surface area contributed by atoms with Gasteiger partial charge >= 0.3 is 0 Å². The first-order valence-corrected chi connectivity index (χ1v) is 8.57. The molecule has 132 valence electrons. The molecule has 2 N–H and O–H groups in total. The Hall–Kier alpha value is -0.450. The van der Waals surface area contributed by atoms with Gasteiger partial charge in [0.05, 0.1) is 24.9 Å². The van der Waals surface area contributed by atoms with Crippen LogP contribution in [0.1, 0.15) is 28.4 Å². The van der Waals surface area contributed by atoms with Crippen LogP contribution in [0.4, 0.5) is 0 Å². The Morgan fingerprint density at radius 1 is 1.43 bits per heavy atom. The maximum atomic E-state index is 5.73. The SMILES string of the molecule is CN=C(NCCCOC1CCOC1)NCc1nc(C)c(C)s1.I.